The van der Waals surface area contributed by atoms with Crippen molar-refractivity contribution in [2.45, 2.75) is 45.0 Å². The Morgan fingerprint density at radius 1 is 1.14 bits per heavy atom. The van der Waals surface area contributed by atoms with Gasteiger partial charge in [0, 0.05) is 6.20 Å². The van der Waals surface area contributed by atoms with Gasteiger partial charge in [-0.2, -0.15) is 0 Å². The first-order valence-electron chi connectivity index (χ1n) is 9.24. The number of hydrogen-bond acceptors (Lipinski definition) is 3. The average Bonchev–Trinajstić information content (AvgIpc) is 3.21. The van der Waals surface area contributed by atoms with Gasteiger partial charge in [-0.3, -0.25) is 14.6 Å². The van der Waals surface area contributed by atoms with E-state index in [1.165, 1.54) is 6.20 Å². The molecule has 1 amide bonds. The molecule has 1 aliphatic rings. The Morgan fingerprint density at radius 3 is 2.36 bits per heavy atom. The molecule has 0 bridgehead atoms. The maximum Gasteiger partial charge on any atom is 0.268 e. The van der Waals surface area contributed by atoms with Crippen LogP contribution in [-0.4, -0.2) is 29.1 Å². The SMILES string of the molecule is Cc1cccnc1C(=O)CNC(=O)C1C(c2ccc(C(C)(C)C)cc2)C1(F)F. The third kappa shape index (κ3) is 3.81. The van der Waals surface area contributed by atoms with Gasteiger partial charge in [0.15, 0.2) is 0 Å². The van der Waals surface area contributed by atoms with Crippen LogP contribution in [0.2, 0.25) is 0 Å². The van der Waals surface area contributed by atoms with Gasteiger partial charge in [0.2, 0.25) is 11.7 Å². The predicted octanol–water partition coefficient (Wildman–Crippen LogP) is 4.04. The lowest BCUT2D eigenvalue weighted by Gasteiger charge is -2.19. The summed E-state index contributed by atoms with van der Waals surface area (Å²) < 4.78 is 28.6. The summed E-state index contributed by atoms with van der Waals surface area (Å²) in [5, 5.41) is 2.35. The number of hydrogen-bond donors (Lipinski definition) is 1. The number of ketones is 1. The molecule has 0 radical (unpaired) electrons. The van der Waals surface area contributed by atoms with Gasteiger partial charge >= 0.3 is 0 Å². The Hall–Kier alpha value is -2.63. The molecule has 0 saturated heterocycles. The highest BCUT2D eigenvalue weighted by atomic mass is 19.3. The number of halogens is 2. The van der Waals surface area contributed by atoms with Crippen LogP contribution in [0.15, 0.2) is 42.6 Å². The first kappa shape index (κ1) is 20.1. The van der Waals surface area contributed by atoms with Crippen molar-refractivity contribution in [3.05, 3.63) is 65.0 Å². The van der Waals surface area contributed by atoms with Crippen molar-refractivity contribution in [2.24, 2.45) is 5.92 Å². The number of pyridine rings is 1. The molecule has 2 unspecified atom stereocenters. The van der Waals surface area contributed by atoms with Gasteiger partial charge in [-0.25, -0.2) is 8.78 Å². The molecule has 2 atom stereocenters. The minimum atomic E-state index is -3.11. The quantitative estimate of drug-likeness (QED) is 0.789. The number of aromatic nitrogens is 1. The molecular weight excluding hydrogens is 362 g/mol. The van der Waals surface area contributed by atoms with Crippen LogP contribution in [0.4, 0.5) is 8.78 Å². The number of aryl methyl sites for hydroxylation is 1. The number of rotatable bonds is 5. The fraction of sp³-hybridized carbons (Fsp3) is 0.409. The van der Waals surface area contributed by atoms with E-state index in [-0.39, 0.29) is 17.7 Å². The predicted molar refractivity (Wildman–Crippen MR) is 103 cm³/mol. The zero-order chi connectivity index (χ0) is 20.7. The molecule has 0 spiro atoms. The first-order chi connectivity index (χ1) is 13.0. The van der Waals surface area contributed by atoms with Gasteiger partial charge in [-0.1, -0.05) is 51.1 Å². The molecule has 1 aromatic carbocycles. The van der Waals surface area contributed by atoms with E-state index in [9.17, 15) is 18.4 Å². The van der Waals surface area contributed by atoms with Crippen LogP contribution in [0.1, 0.15) is 53.9 Å². The summed E-state index contributed by atoms with van der Waals surface area (Å²) in [6, 6.07) is 10.4. The maximum atomic E-state index is 14.3. The standard InChI is InChI=1S/C22H24F2N2O2/c1-13-6-5-11-25-19(13)16(27)12-26-20(28)18-17(22(18,23)24)14-7-9-15(10-8-14)21(2,3)4/h5-11,17-18H,12H2,1-4H3,(H,26,28). The summed E-state index contributed by atoms with van der Waals surface area (Å²) >= 11 is 0. The minimum absolute atomic E-state index is 0.0780. The Labute approximate surface area is 163 Å². The van der Waals surface area contributed by atoms with E-state index in [0.717, 1.165) is 5.56 Å². The topological polar surface area (TPSA) is 59.1 Å². The van der Waals surface area contributed by atoms with Crippen molar-refractivity contribution in [1.82, 2.24) is 10.3 Å². The normalized spacial score (nSPS) is 20.5. The first-order valence-corrected chi connectivity index (χ1v) is 9.24. The minimum Gasteiger partial charge on any atom is -0.348 e. The third-order valence-corrected chi connectivity index (χ3v) is 5.17. The van der Waals surface area contributed by atoms with Crippen LogP contribution < -0.4 is 5.32 Å². The molecule has 1 fully saturated rings. The summed E-state index contributed by atoms with van der Waals surface area (Å²) in [5.41, 5.74) is 2.31. The number of nitrogens with one attached hydrogen (secondary N) is 1. The molecule has 1 saturated carbocycles. The Morgan fingerprint density at radius 2 is 1.79 bits per heavy atom. The molecular formula is C22H24F2N2O2. The van der Waals surface area contributed by atoms with Crippen molar-refractivity contribution in [3.63, 3.8) is 0 Å². The van der Waals surface area contributed by atoms with Crippen LogP contribution in [0.25, 0.3) is 0 Å². The van der Waals surface area contributed by atoms with Gasteiger partial charge in [-0.15, -0.1) is 0 Å². The molecule has 0 aliphatic heterocycles. The van der Waals surface area contributed by atoms with Crippen molar-refractivity contribution in [2.75, 3.05) is 6.54 Å². The molecule has 28 heavy (non-hydrogen) atoms. The van der Waals surface area contributed by atoms with E-state index in [4.69, 9.17) is 0 Å². The molecule has 2 aromatic rings. The van der Waals surface area contributed by atoms with E-state index in [1.54, 1.807) is 31.2 Å². The second kappa shape index (κ2) is 7.08. The van der Waals surface area contributed by atoms with Gasteiger partial charge in [0.1, 0.15) is 11.6 Å². The molecule has 1 heterocycles. The highest BCUT2D eigenvalue weighted by Crippen LogP contribution is 2.61. The van der Waals surface area contributed by atoms with E-state index in [0.29, 0.717) is 11.1 Å². The fourth-order valence-corrected chi connectivity index (χ4v) is 3.40. The fourth-order valence-electron chi connectivity index (χ4n) is 3.40. The van der Waals surface area contributed by atoms with Gasteiger partial charge in [0.25, 0.3) is 5.92 Å². The van der Waals surface area contributed by atoms with E-state index in [1.807, 2.05) is 32.9 Å². The summed E-state index contributed by atoms with van der Waals surface area (Å²) in [7, 11) is 0. The summed E-state index contributed by atoms with van der Waals surface area (Å²) in [6.45, 7) is 7.52. The molecule has 1 aromatic heterocycles. The number of carbonyl (C=O) groups is 2. The zero-order valence-electron chi connectivity index (χ0n) is 16.4. The van der Waals surface area contributed by atoms with E-state index in [2.05, 4.69) is 10.3 Å². The summed E-state index contributed by atoms with van der Waals surface area (Å²) in [6.07, 6.45) is 1.48. The molecule has 3 rings (SSSR count). The zero-order valence-corrected chi connectivity index (χ0v) is 16.4. The molecule has 1 aliphatic carbocycles. The monoisotopic (exact) mass is 386 g/mol. The second-order valence-corrected chi connectivity index (χ2v) is 8.31. The Balaban J connectivity index is 1.66. The van der Waals surface area contributed by atoms with Crippen LogP contribution in [0, 0.1) is 12.8 Å². The van der Waals surface area contributed by atoms with Crippen LogP contribution in [0.5, 0.6) is 0 Å². The van der Waals surface area contributed by atoms with Crippen molar-refractivity contribution < 1.29 is 18.4 Å². The highest BCUT2D eigenvalue weighted by Gasteiger charge is 2.72. The molecule has 1 N–H and O–H groups in total. The lowest BCUT2D eigenvalue weighted by Crippen LogP contribution is -2.32. The van der Waals surface area contributed by atoms with Crippen molar-refractivity contribution in [3.8, 4) is 0 Å². The Kier molecular flexibility index (Phi) is 5.08. The van der Waals surface area contributed by atoms with Gasteiger partial charge in [0.05, 0.1) is 12.5 Å². The number of benzene rings is 1. The van der Waals surface area contributed by atoms with Crippen LogP contribution >= 0.6 is 0 Å². The lowest BCUT2D eigenvalue weighted by atomic mass is 9.86. The maximum absolute atomic E-state index is 14.3. The van der Waals surface area contributed by atoms with Gasteiger partial charge in [-0.05, 0) is 35.1 Å². The summed E-state index contributed by atoms with van der Waals surface area (Å²) in [4.78, 5) is 28.5. The Bertz CT molecular complexity index is 901. The summed E-state index contributed by atoms with van der Waals surface area (Å²) in [5.74, 6) is -6.94. The highest BCUT2D eigenvalue weighted by molar-refractivity contribution is 5.99. The number of amides is 1. The van der Waals surface area contributed by atoms with Crippen molar-refractivity contribution in [1.29, 1.82) is 0 Å². The van der Waals surface area contributed by atoms with E-state index < -0.39 is 29.4 Å². The van der Waals surface area contributed by atoms with Gasteiger partial charge < -0.3 is 5.32 Å². The molecule has 148 valence electrons. The van der Waals surface area contributed by atoms with Crippen molar-refractivity contribution >= 4 is 11.7 Å². The number of carbonyl (C=O) groups excluding carboxylic acids is 2. The van der Waals surface area contributed by atoms with E-state index >= 15 is 0 Å². The average molecular weight is 386 g/mol. The molecule has 6 heteroatoms. The number of nitrogens with zero attached hydrogens (tertiary/aromatic N) is 1. The number of alkyl halides is 2. The molecule has 4 nitrogen and oxygen atoms in total. The number of Topliss-reactive ketones (excluding diaryl/α,β-unsaturated/α-hetero) is 1. The smallest absolute Gasteiger partial charge is 0.268 e. The second-order valence-electron chi connectivity index (χ2n) is 8.31. The third-order valence-electron chi connectivity index (χ3n) is 5.17. The van der Waals surface area contributed by atoms with Crippen LogP contribution in [0.3, 0.4) is 0 Å². The largest absolute Gasteiger partial charge is 0.348 e. The lowest BCUT2D eigenvalue weighted by molar-refractivity contribution is -0.124. The van der Waals surface area contributed by atoms with Crippen LogP contribution in [-0.2, 0) is 10.2 Å².